The van der Waals surface area contributed by atoms with Crippen LogP contribution >= 0.6 is 7.82 Å². The van der Waals surface area contributed by atoms with Crippen molar-refractivity contribution < 1.29 is 46.7 Å². The van der Waals surface area contributed by atoms with Crippen LogP contribution in [0.2, 0.25) is 0 Å². The minimum absolute atomic E-state index is 0.105. The van der Waals surface area contributed by atoms with Crippen molar-refractivity contribution in [2.24, 2.45) is 0 Å². The summed E-state index contributed by atoms with van der Waals surface area (Å²) in [5.74, 6) is -2.23. The molecule has 0 atom stereocenters. The fourth-order valence-corrected chi connectivity index (χ4v) is 9.19. The summed E-state index contributed by atoms with van der Waals surface area (Å²) < 4.78 is 56.9. The smallest absolute Gasteiger partial charge is 0.458 e. The molecule has 0 spiro atoms. The Labute approximate surface area is 380 Å². The molecule has 0 aliphatic heterocycles. The lowest BCUT2D eigenvalue weighted by Gasteiger charge is -2.44. The van der Waals surface area contributed by atoms with E-state index in [-0.39, 0.29) is 16.7 Å². The Morgan fingerprint density at radius 2 is 0.538 bits per heavy atom. The Bertz CT molecular complexity index is 2220. The molecule has 0 aliphatic rings. The molecule has 0 aromatic heterocycles. The van der Waals surface area contributed by atoms with Crippen LogP contribution in [0.3, 0.4) is 0 Å². The summed E-state index contributed by atoms with van der Waals surface area (Å²) in [5, 5.41) is 0. The number of ether oxygens (including phenoxy) is 3. The first kappa shape index (κ1) is 47.5. The first-order chi connectivity index (χ1) is 31.2. The fourth-order valence-electron chi connectivity index (χ4n) is 7.14. The first-order valence-corrected chi connectivity index (χ1v) is 22.2. The van der Waals surface area contributed by atoms with Gasteiger partial charge in [-0.15, -0.1) is 0 Å². The molecule has 6 aromatic carbocycles. The average molecular weight is 891 g/mol. The molecule has 0 amide bonds. The van der Waals surface area contributed by atoms with Crippen LogP contribution in [0.4, 0.5) is 0 Å². The molecule has 65 heavy (non-hydrogen) atoms. The molecule has 0 saturated carbocycles. The minimum Gasteiger partial charge on any atom is -0.458 e. The number of benzene rings is 6. The largest absolute Gasteiger partial charge is 0.478 e. The van der Waals surface area contributed by atoms with Crippen LogP contribution in [0, 0.1) is 0 Å². The zero-order valence-corrected chi connectivity index (χ0v) is 37.5. The van der Waals surface area contributed by atoms with Gasteiger partial charge in [0, 0.05) is 16.7 Å². The van der Waals surface area contributed by atoms with Crippen molar-refractivity contribution in [3.63, 3.8) is 0 Å². The molecule has 11 heteroatoms. The highest BCUT2D eigenvalue weighted by molar-refractivity contribution is 7.48. The average Bonchev–Trinajstić information content (AvgIpc) is 3.34. The van der Waals surface area contributed by atoms with Gasteiger partial charge in [-0.2, -0.15) is 0 Å². The van der Waals surface area contributed by atoms with Crippen molar-refractivity contribution in [1.29, 1.82) is 0 Å². The number of phosphoric acid groups is 1. The molecular weight excluding hydrogens is 840 g/mol. The van der Waals surface area contributed by atoms with E-state index >= 15 is 4.57 Å². The molecule has 0 fully saturated rings. The number of hydrogen-bond donors (Lipinski definition) is 0. The van der Waals surface area contributed by atoms with E-state index in [1.807, 2.05) is 0 Å². The van der Waals surface area contributed by atoms with Gasteiger partial charge in [-0.05, 0) is 54.2 Å². The maximum absolute atomic E-state index is 17.3. The summed E-state index contributed by atoms with van der Waals surface area (Å²) in [6.07, 6.45) is 0. The topological polar surface area (TPSA) is 124 Å². The maximum atomic E-state index is 17.3. The SMILES string of the molecule is C=C(C)C(=O)OCC(OP(=O)(OC(COC(=O)C(=C)C)(c1ccccc1)c1ccccc1)OC(COC(=O)C(=C)C)(c1ccccc1)c1ccccc1)(c1ccccc1)c1ccccc1. The molecule has 0 heterocycles. The van der Waals surface area contributed by atoms with Gasteiger partial charge in [-0.1, -0.05) is 202 Å². The third-order valence-electron chi connectivity index (χ3n) is 10.5. The number of carbonyl (C=O) groups is 3. The molecule has 0 aliphatic carbocycles. The van der Waals surface area contributed by atoms with Crippen molar-refractivity contribution in [3.05, 3.63) is 252 Å². The van der Waals surface area contributed by atoms with E-state index in [1.165, 1.54) is 20.8 Å². The Balaban J connectivity index is 1.74. The second kappa shape index (κ2) is 21.2. The van der Waals surface area contributed by atoms with E-state index in [9.17, 15) is 14.4 Å². The van der Waals surface area contributed by atoms with Crippen LogP contribution in [0.25, 0.3) is 0 Å². The molecule has 0 saturated heterocycles. The number of esters is 3. The van der Waals surface area contributed by atoms with Crippen LogP contribution in [0.1, 0.15) is 54.2 Å². The zero-order valence-electron chi connectivity index (χ0n) is 36.6. The summed E-state index contributed by atoms with van der Waals surface area (Å²) in [5.41, 5.74) is -3.22. The summed E-state index contributed by atoms with van der Waals surface area (Å²) in [6.45, 7) is 14.2. The number of phosphoric ester groups is 1. The van der Waals surface area contributed by atoms with Gasteiger partial charge in [-0.3, -0.25) is 13.6 Å². The highest BCUT2D eigenvalue weighted by Crippen LogP contribution is 2.65. The molecule has 0 bridgehead atoms. The lowest BCUT2D eigenvalue weighted by atomic mass is 9.87. The molecule has 6 rings (SSSR count). The van der Waals surface area contributed by atoms with Crippen molar-refractivity contribution in [3.8, 4) is 0 Å². The summed E-state index contributed by atoms with van der Waals surface area (Å²) in [6, 6.07) is 52.7. The van der Waals surface area contributed by atoms with Crippen molar-refractivity contribution >= 4 is 25.7 Å². The second-order valence-electron chi connectivity index (χ2n) is 15.5. The van der Waals surface area contributed by atoms with Crippen molar-refractivity contribution in [2.75, 3.05) is 19.8 Å². The number of hydrogen-bond acceptors (Lipinski definition) is 10. The molecule has 6 aromatic rings. The Morgan fingerprint density at radius 3 is 0.692 bits per heavy atom. The van der Waals surface area contributed by atoms with Gasteiger partial charge >= 0.3 is 25.7 Å². The van der Waals surface area contributed by atoms with Gasteiger partial charge in [0.05, 0.1) is 0 Å². The minimum atomic E-state index is -5.47. The van der Waals surface area contributed by atoms with Gasteiger partial charge < -0.3 is 14.2 Å². The molecule has 0 N–H and O–H groups in total. The molecule has 332 valence electrons. The van der Waals surface area contributed by atoms with Gasteiger partial charge in [0.25, 0.3) is 0 Å². The highest BCUT2D eigenvalue weighted by atomic mass is 31.2. The monoisotopic (exact) mass is 890 g/mol. The van der Waals surface area contributed by atoms with Gasteiger partial charge in [0.1, 0.15) is 19.8 Å². The Hall–Kier alpha value is -6.94. The normalized spacial score (nSPS) is 11.8. The van der Waals surface area contributed by atoms with E-state index in [1.54, 1.807) is 182 Å². The van der Waals surface area contributed by atoms with Gasteiger partial charge in [-0.25, -0.2) is 18.9 Å². The quantitative estimate of drug-likeness (QED) is 0.0298. The van der Waals surface area contributed by atoms with Crippen LogP contribution in [-0.4, -0.2) is 37.7 Å². The second-order valence-corrected chi connectivity index (χ2v) is 16.9. The molecule has 0 radical (unpaired) electrons. The van der Waals surface area contributed by atoms with E-state index in [4.69, 9.17) is 27.8 Å². The zero-order chi connectivity index (χ0) is 46.5. The van der Waals surface area contributed by atoms with Crippen LogP contribution in [0.15, 0.2) is 218 Å². The Kier molecular flexibility index (Phi) is 15.5. The summed E-state index contributed by atoms with van der Waals surface area (Å²) >= 11 is 0. The number of rotatable bonds is 21. The molecule has 10 nitrogen and oxygen atoms in total. The van der Waals surface area contributed by atoms with Crippen LogP contribution in [0.5, 0.6) is 0 Å². The standard InChI is InChI=1S/C54H51O10P/c1-40(2)49(55)59-37-52(43-25-13-7-14-26-43,44-27-15-8-16-28-44)62-65(58,63-53(38-60-50(56)41(3)4,45-29-17-9-18-30-45)46-31-19-10-20-32-46)64-54(39-61-51(57)42(5)6,47-33-21-11-22-34-47)48-35-23-12-24-36-48/h7-36H,1,3,5,37-39H2,2,4,6H3. The van der Waals surface area contributed by atoms with E-state index in [0.29, 0.717) is 33.4 Å². The third-order valence-corrected chi connectivity index (χ3v) is 12.1. The van der Waals surface area contributed by atoms with E-state index < -0.39 is 62.4 Å². The fraction of sp³-hybridized carbons (Fsp3) is 0.167. The predicted octanol–water partition coefficient (Wildman–Crippen LogP) is 11.3. The lowest BCUT2D eigenvalue weighted by Crippen LogP contribution is -2.43. The van der Waals surface area contributed by atoms with Crippen molar-refractivity contribution in [2.45, 2.75) is 37.6 Å². The predicted molar refractivity (Wildman–Crippen MR) is 249 cm³/mol. The maximum Gasteiger partial charge on any atom is 0.478 e. The van der Waals surface area contributed by atoms with Crippen LogP contribution in [-0.2, 0) is 63.5 Å². The van der Waals surface area contributed by atoms with Gasteiger partial charge in [0.15, 0.2) is 16.8 Å². The van der Waals surface area contributed by atoms with Crippen LogP contribution < -0.4 is 0 Å². The van der Waals surface area contributed by atoms with Gasteiger partial charge in [0.2, 0.25) is 0 Å². The summed E-state index contributed by atoms with van der Waals surface area (Å²) in [7, 11) is -5.47. The number of carbonyl (C=O) groups excluding carboxylic acids is 3. The lowest BCUT2D eigenvalue weighted by molar-refractivity contribution is -0.151. The third kappa shape index (κ3) is 11.1. The summed E-state index contributed by atoms with van der Waals surface area (Å²) in [4.78, 5) is 40.2. The Morgan fingerprint density at radius 1 is 0.369 bits per heavy atom. The van der Waals surface area contributed by atoms with Crippen molar-refractivity contribution in [1.82, 2.24) is 0 Å². The van der Waals surface area contributed by atoms with E-state index in [0.717, 1.165) is 0 Å². The van der Waals surface area contributed by atoms with E-state index in [2.05, 4.69) is 19.7 Å². The molecule has 0 unspecified atom stereocenters. The first-order valence-electron chi connectivity index (χ1n) is 20.8. The highest BCUT2D eigenvalue weighted by Gasteiger charge is 2.56. The molecular formula is C54H51O10P.